The minimum Gasteiger partial charge on any atom is -0.302 e. The van der Waals surface area contributed by atoms with Gasteiger partial charge in [0.25, 0.3) is 0 Å². The van der Waals surface area contributed by atoms with Crippen LogP contribution in [0.25, 0.3) is 0 Å². The third-order valence-corrected chi connectivity index (χ3v) is 1.48. The smallest absolute Gasteiger partial charge is 0.150 e. The standard InChI is InChI=1S/C5H9NO/c1-4(7)5(2)3-6-5/h6H,3H2,1-2H3. The van der Waals surface area contributed by atoms with Crippen molar-refractivity contribution in [1.82, 2.24) is 5.32 Å². The van der Waals surface area contributed by atoms with Gasteiger partial charge in [-0.3, -0.25) is 4.79 Å². The number of hydrogen-bond donors (Lipinski definition) is 1. The van der Waals surface area contributed by atoms with Crippen molar-refractivity contribution in [3.05, 3.63) is 0 Å². The molecular weight excluding hydrogens is 90.1 g/mol. The highest BCUT2D eigenvalue weighted by molar-refractivity contribution is 5.88. The Morgan fingerprint density at radius 2 is 2.29 bits per heavy atom. The van der Waals surface area contributed by atoms with Crippen LogP contribution < -0.4 is 5.32 Å². The summed E-state index contributed by atoms with van der Waals surface area (Å²) in [6.45, 7) is 4.39. The molecule has 0 radical (unpaired) electrons. The average Bonchev–Trinajstić information content (AvgIpc) is 2.21. The van der Waals surface area contributed by atoms with Gasteiger partial charge in [-0.25, -0.2) is 0 Å². The van der Waals surface area contributed by atoms with Crippen LogP contribution in [0, 0.1) is 0 Å². The molecule has 0 spiro atoms. The highest BCUT2D eigenvalue weighted by Crippen LogP contribution is 2.15. The first kappa shape index (κ1) is 4.78. The number of nitrogens with one attached hydrogen (secondary N) is 1. The van der Waals surface area contributed by atoms with Crippen LogP contribution in [0.4, 0.5) is 0 Å². The summed E-state index contributed by atoms with van der Waals surface area (Å²) in [6, 6.07) is 0. The predicted molar refractivity (Wildman–Crippen MR) is 27.1 cm³/mol. The van der Waals surface area contributed by atoms with E-state index >= 15 is 0 Å². The Bertz CT molecular complexity index is 105. The maximum absolute atomic E-state index is 10.5. The molecule has 1 fully saturated rings. The third-order valence-electron chi connectivity index (χ3n) is 1.48. The molecule has 1 aliphatic heterocycles. The van der Waals surface area contributed by atoms with Gasteiger partial charge in [-0.05, 0) is 13.8 Å². The van der Waals surface area contributed by atoms with Crippen molar-refractivity contribution >= 4 is 5.78 Å². The molecule has 0 aromatic rings. The van der Waals surface area contributed by atoms with Crippen LogP contribution in [-0.4, -0.2) is 17.9 Å². The van der Waals surface area contributed by atoms with Crippen molar-refractivity contribution in [2.24, 2.45) is 0 Å². The molecule has 1 saturated heterocycles. The van der Waals surface area contributed by atoms with Crippen molar-refractivity contribution < 1.29 is 4.79 Å². The topological polar surface area (TPSA) is 39.0 Å². The summed E-state index contributed by atoms with van der Waals surface area (Å²) in [4.78, 5) is 10.5. The van der Waals surface area contributed by atoms with Crippen LogP contribution in [0.2, 0.25) is 0 Å². The monoisotopic (exact) mass is 99.1 g/mol. The van der Waals surface area contributed by atoms with Gasteiger partial charge in [-0.1, -0.05) is 0 Å². The molecule has 1 unspecified atom stereocenters. The van der Waals surface area contributed by atoms with Gasteiger partial charge in [-0.2, -0.15) is 0 Å². The van der Waals surface area contributed by atoms with Gasteiger partial charge in [0.15, 0.2) is 5.78 Å². The zero-order chi connectivity index (χ0) is 5.49. The number of Topliss-reactive ketones (excluding diaryl/α,β-unsaturated/α-hetero) is 1. The Labute approximate surface area is 42.9 Å². The molecule has 1 rings (SSSR count). The molecule has 2 heteroatoms. The normalized spacial score (nSPS) is 38.0. The molecule has 0 aromatic carbocycles. The van der Waals surface area contributed by atoms with Crippen LogP contribution >= 0.6 is 0 Å². The molecule has 1 heterocycles. The van der Waals surface area contributed by atoms with Crippen molar-refractivity contribution in [3.63, 3.8) is 0 Å². The van der Waals surface area contributed by atoms with Gasteiger partial charge in [0.1, 0.15) is 0 Å². The van der Waals surface area contributed by atoms with E-state index in [0.29, 0.717) is 0 Å². The van der Waals surface area contributed by atoms with Crippen LogP contribution in [0.15, 0.2) is 0 Å². The second-order valence-electron chi connectivity index (χ2n) is 2.24. The molecule has 0 aromatic heterocycles. The van der Waals surface area contributed by atoms with Crippen LogP contribution in [0.3, 0.4) is 0 Å². The first-order valence-electron chi connectivity index (χ1n) is 2.41. The summed E-state index contributed by atoms with van der Waals surface area (Å²) in [5, 5.41) is 2.96. The number of rotatable bonds is 1. The second kappa shape index (κ2) is 1.07. The molecular formula is C5H9NO. The summed E-state index contributed by atoms with van der Waals surface area (Å²) in [5.74, 6) is 0.243. The highest BCUT2D eigenvalue weighted by Gasteiger charge is 2.41. The molecule has 0 bridgehead atoms. The van der Waals surface area contributed by atoms with Gasteiger partial charge >= 0.3 is 0 Å². The molecule has 0 saturated carbocycles. The van der Waals surface area contributed by atoms with E-state index in [4.69, 9.17) is 0 Å². The Morgan fingerprint density at radius 3 is 2.29 bits per heavy atom. The van der Waals surface area contributed by atoms with Gasteiger partial charge in [0, 0.05) is 6.54 Å². The quantitative estimate of drug-likeness (QED) is 0.468. The second-order valence-corrected chi connectivity index (χ2v) is 2.24. The van der Waals surface area contributed by atoms with Gasteiger partial charge in [0.2, 0.25) is 0 Å². The first-order chi connectivity index (χ1) is 3.15. The predicted octanol–water partition coefficient (Wildman–Crippen LogP) is -0.0627. The maximum atomic E-state index is 10.5. The zero-order valence-corrected chi connectivity index (χ0v) is 4.62. The van der Waals surface area contributed by atoms with E-state index < -0.39 is 0 Å². The summed E-state index contributed by atoms with van der Waals surface area (Å²) in [7, 11) is 0. The molecule has 7 heavy (non-hydrogen) atoms. The van der Waals surface area contributed by atoms with Crippen molar-refractivity contribution in [2.75, 3.05) is 6.54 Å². The lowest BCUT2D eigenvalue weighted by molar-refractivity contribution is -0.118. The fraction of sp³-hybridized carbons (Fsp3) is 0.800. The maximum Gasteiger partial charge on any atom is 0.150 e. The summed E-state index contributed by atoms with van der Waals surface area (Å²) in [5.41, 5.74) is -0.139. The fourth-order valence-corrected chi connectivity index (χ4v) is 0.382. The van der Waals surface area contributed by atoms with E-state index in [1.165, 1.54) is 0 Å². The minimum atomic E-state index is -0.139. The summed E-state index contributed by atoms with van der Waals surface area (Å²) < 4.78 is 0. The van der Waals surface area contributed by atoms with Gasteiger partial charge < -0.3 is 5.32 Å². The van der Waals surface area contributed by atoms with Crippen molar-refractivity contribution in [3.8, 4) is 0 Å². The van der Waals surface area contributed by atoms with E-state index in [9.17, 15) is 4.79 Å². The number of carbonyl (C=O) groups is 1. The molecule has 40 valence electrons. The lowest BCUT2D eigenvalue weighted by Crippen LogP contribution is -2.19. The fourth-order valence-electron chi connectivity index (χ4n) is 0.382. The van der Waals surface area contributed by atoms with E-state index in [-0.39, 0.29) is 11.3 Å². The Balaban J connectivity index is 2.55. The molecule has 1 atom stereocenters. The first-order valence-corrected chi connectivity index (χ1v) is 2.41. The van der Waals surface area contributed by atoms with Crippen LogP contribution in [0.5, 0.6) is 0 Å². The summed E-state index contributed by atoms with van der Waals surface area (Å²) >= 11 is 0. The Morgan fingerprint density at radius 1 is 1.86 bits per heavy atom. The molecule has 1 N–H and O–H groups in total. The largest absolute Gasteiger partial charge is 0.302 e. The van der Waals surface area contributed by atoms with Crippen molar-refractivity contribution in [1.29, 1.82) is 0 Å². The highest BCUT2D eigenvalue weighted by atomic mass is 16.1. The summed E-state index contributed by atoms with van der Waals surface area (Å²) in [6.07, 6.45) is 0. The number of ketones is 1. The number of hydrogen-bond acceptors (Lipinski definition) is 2. The van der Waals surface area contributed by atoms with Gasteiger partial charge in [0.05, 0.1) is 5.54 Å². The SMILES string of the molecule is CC(=O)C1(C)CN1. The lowest BCUT2D eigenvalue weighted by Gasteiger charge is -1.94. The molecule has 0 amide bonds. The van der Waals surface area contributed by atoms with Crippen LogP contribution in [0.1, 0.15) is 13.8 Å². The number of carbonyl (C=O) groups excluding carboxylic acids is 1. The Kier molecular flexibility index (Phi) is 0.729. The van der Waals surface area contributed by atoms with E-state index in [1.807, 2.05) is 6.92 Å². The third kappa shape index (κ3) is 0.657. The molecule has 0 aliphatic carbocycles. The zero-order valence-electron chi connectivity index (χ0n) is 4.62. The van der Waals surface area contributed by atoms with Gasteiger partial charge in [-0.15, -0.1) is 0 Å². The van der Waals surface area contributed by atoms with E-state index in [2.05, 4.69) is 5.32 Å². The van der Waals surface area contributed by atoms with E-state index in [0.717, 1.165) is 6.54 Å². The van der Waals surface area contributed by atoms with E-state index in [1.54, 1.807) is 6.92 Å². The van der Waals surface area contributed by atoms with Crippen LogP contribution in [-0.2, 0) is 4.79 Å². The molecule has 1 aliphatic rings. The minimum absolute atomic E-state index is 0.139. The average molecular weight is 99.1 g/mol. The Hall–Kier alpha value is -0.370. The lowest BCUT2D eigenvalue weighted by atomic mass is 10.1. The van der Waals surface area contributed by atoms with Crippen molar-refractivity contribution in [2.45, 2.75) is 19.4 Å². The molecule has 2 nitrogen and oxygen atoms in total.